The lowest BCUT2D eigenvalue weighted by molar-refractivity contribution is -0.116. The summed E-state index contributed by atoms with van der Waals surface area (Å²) in [4.78, 5) is 40.1. The van der Waals surface area contributed by atoms with Gasteiger partial charge in [-0.3, -0.25) is 19.0 Å². The van der Waals surface area contributed by atoms with E-state index in [1.165, 1.54) is 23.9 Å². The molecule has 7 heteroatoms. The molecule has 2 aromatic carbocycles. The number of rotatable bonds is 6. The molecule has 1 aromatic heterocycles. The number of amides is 1. The Kier molecular flexibility index (Phi) is 5.64. The molecule has 28 heavy (non-hydrogen) atoms. The Labute approximate surface area is 161 Å². The van der Waals surface area contributed by atoms with Crippen molar-refractivity contribution in [2.24, 2.45) is 0 Å². The molecule has 3 aromatic rings. The summed E-state index contributed by atoms with van der Waals surface area (Å²) in [5, 5.41) is 2.69. The first kappa shape index (κ1) is 19.0. The first-order valence-electron chi connectivity index (χ1n) is 8.58. The fraction of sp³-hybridized carbons (Fsp3) is 0.143. The smallest absolute Gasteiger partial charge is 0.254 e. The van der Waals surface area contributed by atoms with E-state index in [-0.39, 0.29) is 23.8 Å². The number of nitrogens with one attached hydrogen (secondary N) is 1. The van der Waals surface area contributed by atoms with Crippen molar-refractivity contribution in [2.75, 3.05) is 12.4 Å². The van der Waals surface area contributed by atoms with Crippen molar-refractivity contribution in [1.82, 2.24) is 9.55 Å². The molecule has 0 aliphatic carbocycles. The molecule has 0 fully saturated rings. The minimum atomic E-state index is -0.364. The third kappa shape index (κ3) is 4.50. The van der Waals surface area contributed by atoms with Crippen molar-refractivity contribution in [3.05, 3.63) is 76.8 Å². The van der Waals surface area contributed by atoms with E-state index >= 15 is 0 Å². The predicted octanol–water partition coefficient (Wildman–Crippen LogP) is 2.76. The molecule has 1 N–H and O–H groups in total. The van der Waals surface area contributed by atoms with Crippen LogP contribution in [0.5, 0.6) is 5.75 Å². The quantitative estimate of drug-likeness (QED) is 0.667. The maximum atomic E-state index is 12.3. The Morgan fingerprint density at radius 2 is 1.75 bits per heavy atom. The van der Waals surface area contributed by atoms with Gasteiger partial charge in [-0.25, -0.2) is 4.98 Å². The molecular formula is C21H19N3O4. The van der Waals surface area contributed by atoms with Crippen LogP contribution in [0.2, 0.25) is 0 Å². The number of methoxy groups -OCH3 is 1. The number of carbonyl (C=O) groups excluding carboxylic acids is 2. The number of ketones is 1. The van der Waals surface area contributed by atoms with Crippen LogP contribution in [-0.4, -0.2) is 28.4 Å². The van der Waals surface area contributed by atoms with Gasteiger partial charge < -0.3 is 10.1 Å². The maximum absolute atomic E-state index is 12.3. The zero-order chi connectivity index (χ0) is 20.1. The molecule has 0 bridgehead atoms. The summed E-state index contributed by atoms with van der Waals surface area (Å²) >= 11 is 0. The van der Waals surface area contributed by atoms with Crippen LogP contribution >= 0.6 is 0 Å². The normalized spacial score (nSPS) is 10.4. The average molecular weight is 377 g/mol. The first-order valence-corrected chi connectivity index (χ1v) is 8.58. The van der Waals surface area contributed by atoms with Crippen LogP contribution in [0.4, 0.5) is 5.69 Å². The fourth-order valence-electron chi connectivity index (χ4n) is 2.61. The molecule has 1 amide bonds. The monoisotopic (exact) mass is 377 g/mol. The molecule has 142 valence electrons. The lowest BCUT2D eigenvalue weighted by atomic mass is 10.1. The highest BCUT2D eigenvalue weighted by atomic mass is 16.5. The van der Waals surface area contributed by atoms with Crippen LogP contribution in [0.1, 0.15) is 17.3 Å². The highest BCUT2D eigenvalue weighted by molar-refractivity contribution is 5.95. The Hall–Kier alpha value is -3.74. The number of aromatic nitrogens is 2. The Morgan fingerprint density at radius 3 is 2.32 bits per heavy atom. The van der Waals surface area contributed by atoms with Crippen LogP contribution in [0.25, 0.3) is 11.3 Å². The van der Waals surface area contributed by atoms with Crippen LogP contribution in [0.3, 0.4) is 0 Å². The minimum Gasteiger partial charge on any atom is -0.497 e. The molecule has 0 saturated heterocycles. The highest BCUT2D eigenvalue weighted by Gasteiger charge is 2.08. The van der Waals surface area contributed by atoms with Gasteiger partial charge >= 0.3 is 0 Å². The molecule has 0 unspecified atom stereocenters. The van der Waals surface area contributed by atoms with Crippen molar-refractivity contribution in [3.8, 4) is 17.0 Å². The molecule has 0 aliphatic rings. The molecule has 0 atom stereocenters. The Morgan fingerprint density at radius 1 is 1.07 bits per heavy atom. The molecule has 3 rings (SSSR count). The van der Waals surface area contributed by atoms with E-state index in [9.17, 15) is 14.4 Å². The van der Waals surface area contributed by atoms with E-state index in [0.29, 0.717) is 22.7 Å². The van der Waals surface area contributed by atoms with Gasteiger partial charge in [0.2, 0.25) is 5.91 Å². The zero-order valence-corrected chi connectivity index (χ0v) is 15.5. The SMILES string of the molecule is COc1ccc(-c2cc(=O)n(CC(=O)Nc3ccc(C(C)=O)cc3)cn2)cc1. The van der Waals surface area contributed by atoms with Gasteiger partial charge in [0.25, 0.3) is 5.56 Å². The van der Waals surface area contributed by atoms with Crippen molar-refractivity contribution in [3.63, 3.8) is 0 Å². The number of ether oxygens (including phenoxy) is 1. The topological polar surface area (TPSA) is 90.3 Å². The zero-order valence-electron chi connectivity index (χ0n) is 15.5. The molecular weight excluding hydrogens is 358 g/mol. The van der Waals surface area contributed by atoms with Gasteiger partial charge in [-0.05, 0) is 55.5 Å². The van der Waals surface area contributed by atoms with E-state index in [2.05, 4.69) is 10.3 Å². The molecule has 1 heterocycles. The molecule has 0 saturated carbocycles. The molecule has 0 radical (unpaired) electrons. The van der Waals surface area contributed by atoms with Crippen molar-refractivity contribution in [2.45, 2.75) is 13.5 Å². The van der Waals surface area contributed by atoms with E-state index < -0.39 is 0 Å². The van der Waals surface area contributed by atoms with Gasteiger partial charge in [0, 0.05) is 22.9 Å². The number of hydrogen-bond acceptors (Lipinski definition) is 5. The summed E-state index contributed by atoms with van der Waals surface area (Å²) < 4.78 is 6.34. The lowest BCUT2D eigenvalue weighted by Gasteiger charge is -2.08. The van der Waals surface area contributed by atoms with Crippen LogP contribution in [0.15, 0.2) is 65.7 Å². The number of nitrogens with zero attached hydrogens (tertiary/aromatic N) is 2. The van der Waals surface area contributed by atoms with Crippen LogP contribution in [-0.2, 0) is 11.3 Å². The summed E-state index contributed by atoms with van der Waals surface area (Å²) in [6, 6.07) is 15.1. The number of carbonyl (C=O) groups is 2. The van der Waals surface area contributed by atoms with Gasteiger partial charge in [0.15, 0.2) is 5.78 Å². The standard InChI is InChI=1S/C21H19N3O4/c1-14(25)15-3-7-17(8-4-15)23-20(26)12-24-13-22-19(11-21(24)27)16-5-9-18(28-2)10-6-16/h3-11,13H,12H2,1-2H3,(H,23,26). The number of hydrogen-bond donors (Lipinski definition) is 1. The second kappa shape index (κ2) is 8.30. The first-order chi connectivity index (χ1) is 13.5. The lowest BCUT2D eigenvalue weighted by Crippen LogP contribution is -2.27. The summed E-state index contributed by atoms with van der Waals surface area (Å²) in [5.74, 6) is 0.300. The number of Topliss-reactive ketones (excluding diaryl/α,β-unsaturated/α-hetero) is 1. The van der Waals surface area contributed by atoms with Gasteiger partial charge in [-0.1, -0.05) is 0 Å². The van der Waals surface area contributed by atoms with Gasteiger partial charge in [0.1, 0.15) is 12.3 Å². The fourth-order valence-corrected chi connectivity index (χ4v) is 2.61. The second-order valence-electron chi connectivity index (χ2n) is 6.15. The maximum Gasteiger partial charge on any atom is 0.254 e. The average Bonchev–Trinajstić information content (AvgIpc) is 2.70. The third-order valence-electron chi connectivity index (χ3n) is 4.15. The summed E-state index contributed by atoms with van der Waals surface area (Å²) in [7, 11) is 1.58. The number of anilines is 1. The molecule has 0 spiro atoms. The van der Waals surface area contributed by atoms with Crippen LogP contribution < -0.4 is 15.6 Å². The Bertz CT molecular complexity index is 1050. The van der Waals surface area contributed by atoms with Crippen LogP contribution in [0, 0.1) is 0 Å². The van der Waals surface area contributed by atoms with Crippen molar-refractivity contribution >= 4 is 17.4 Å². The van der Waals surface area contributed by atoms with Gasteiger partial charge in [-0.15, -0.1) is 0 Å². The molecule has 0 aliphatic heterocycles. The summed E-state index contributed by atoms with van der Waals surface area (Å²) in [6.45, 7) is 1.31. The second-order valence-corrected chi connectivity index (χ2v) is 6.15. The molecule has 7 nitrogen and oxygen atoms in total. The van der Waals surface area contributed by atoms with Crippen molar-refractivity contribution < 1.29 is 14.3 Å². The van der Waals surface area contributed by atoms with E-state index in [1.807, 2.05) is 12.1 Å². The summed E-state index contributed by atoms with van der Waals surface area (Å²) in [5.41, 5.74) is 2.07. The van der Waals surface area contributed by atoms with Crippen molar-refractivity contribution in [1.29, 1.82) is 0 Å². The third-order valence-corrected chi connectivity index (χ3v) is 4.15. The van der Waals surface area contributed by atoms with E-state index in [1.54, 1.807) is 43.5 Å². The van der Waals surface area contributed by atoms with Gasteiger partial charge in [0.05, 0.1) is 19.1 Å². The number of benzene rings is 2. The van der Waals surface area contributed by atoms with E-state index in [0.717, 1.165) is 5.56 Å². The predicted molar refractivity (Wildman–Crippen MR) is 106 cm³/mol. The highest BCUT2D eigenvalue weighted by Crippen LogP contribution is 2.19. The van der Waals surface area contributed by atoms with Gasteiger partial charge in [-0.2, -0.15) is 0 Å². The van der Waals surface area contributed by atoms with E-state index in [4.69, 9.17) is 4.74 Å². The summed E-state index contributed by atoms with van der Waals surface area (Å²) in [6.07, 6.45) is 1.35. The Balaban J connectivity index is 1.69. The minimum absolute atomic E-state index is 0.0487. The largest absolute Gasteiger partial charge is 0.497 e.